The maximum absolute atomic E-state index is 12.5. The van der Waals surface area contributed by atoms with E-state index in [1.807, 2.05) is 35.6 Å². The van der Waals surface area contributed by atoms with Crippen LogP contribution in [-0.4, -0.2) is 72.9 Å². The van der Waals surface area contributed by atoms with Gasteiger partial charge in [0.2, 0.25) is 0 Å². The Hall–Kier alpha value is -2.92. The highest BCUT2D eigenvalue weighted by atomic mass is 32.2. The van der Waals surface area contributed by atoms with Crippen LogP contribution in [0.2, 0.25) is 0 Å². The Morgan fingerprint density at radius 1 is 1.08 bits per heavy atom. The van der Waals surface area contributed by atoms with Gasteiger partial charge in [0.15, 0.2) is 6.10 Å². The van der Waals surface area contributed by atoms with Crippen LogP contribution in [0, 0.1) is 0 Å². The molecule has 0 aliphatic rings. The summed E-state index contributed by atoms with van der Waals surface area (Å²) in [6.45, 7) is 1.08. The number of carbonyl (C=O) groups excluding carboxylic acids is 1. The molecule has 2 aromatic carbocycles. The number of hydrogen-bond donors (Lipinski definition) is 2. The van der Waals surface area contributed by atoms with E-state index in [2.05, 4.69) is 0 Å². The number of rotatable bonds is 15. The lowest BCUT2D eigenvalue weighted by Gasteiger charge is -2.23. The summed E-state index contributed by atoms with van der Waals surface area (Å²) in [5, 5.41) is 11.1. The van der Waals surface area contributed by atoms with Crippen molar-refractivity contribution in [2.75, 3.05) is 38.6 Å². The molecule has 2 N–H and O–H groups in total. The predicted octanol–water partition coefficient (Wildman–Crippen LogP) is 4.85. The first-order valence-corrected chi connectivity index (χ1v) is 12.5. The third kappa shape index (κ3) is 11.7. The van der Waals surface area contributed by atoms with Gasteiger partial charge < -0.3 is 24.8 Å². The van der Waals surface area contributed by atoms with E-state index in [1.165, 1.54) is 4.90 Å². The monoisotopic (exact) mass is 528 g/mol. The molecule has 36 heavy (non-hydrogen) atoms. The number of alkyl halides is 3. The van der Waals surface area contributed by atoms with Gasteiger partial charge in [-0.15, -0.1) is 11.8 Å². The van der Waals surface area contributed by atoms with Gasteiger partial charge in [-0.25, -0.2) is 9.59 Å². The number of halogens is 3. The molecule has 11 heteroatoms. The Morgan fingerprint density at radius 3 is 2.39 bits per heavy atom. The first kappa shape index (κ1) is 29.3. The van der Waals surface area contributed by atoms with Gasteiger partial charge in [-0.3, -0.25) is 0 Å². The summed E-state index contributed by atoms with van der Waals surface area (Å²) in [5.41, 5.74) is 0.757. The number of ether oxygens (including phenoxy) is 2. The molecular weight excluding hydrogens is 497 g/mol. The third-order valence-corrected chi connectivity index (χ3v) is 6.03. The highest BCUT2D eigenvalue weighted by molar-refractivity contribution is 7.99. The third-order valence-electron chi connectivity index (χ3n) is 4.93. The van der Waals surface area contributed by atoms with Crippen LogP contribution >= 0.6 is 11.8 Å². The van der Waals surface area contributed by atoms with E-state index in [-0.39, 0.29) is 32.7 Å². The lowest BCUT2D eigenvalue weighted by molar-refractivity contribution is -0.150. The zero-order valence-corrected chi connectivity index (χ0v) is 20.8. The molecule has 0 aromatic heterocycles. The summed E-state index contributed by atoms with van der Waals surface area (Å²) in [5.74, 6) is 0.162. The Morgan fingerprint density at radius 2 is 1.78 bits per heavy atom. The van der Waals surface area contributed by atoms with Crippen molar-refractivity contribution in [3.05, 3.63) is 60.2 Å². The minimum absolute atomic E-state index is 0.0846. The normalized spacial score (nSPS) is 12.1. The number of amides is 2. The smallest absolute Gasteiger partial charge is 0.405 e. The molecular formula is C25H31F3N2O5S. The van der Waals surface area contributed by atoms with Crippen LogP contribution in [0.3, 0.4) is 0 Å². The molecule has 0 bridgehead atoms. The summed E-state index contributed by atoms with van der Waals surface area (Å²) >= 11 is 1.61. The van der Waals surface area contributed by atoms with Crippen molar-refractivity contribution in [3.8, 4) is 5.75 Å². The van der Waals surface area contributed by atoms with Crippen LogP contribution in [0.25, 0.3) is 0 Å². The molecule has 1 atom stereocenters. The fraction of sp³-hybridized carbons (Fsp3) is 0.440. The van der Waals surface area contributed by atoms with Gasteiger partial charge in [-0.05, 0) is 48.9 Å². The summed E-state index contributed by atoms with van der Waals surface area (Å²) in [7, 11) is 0. The number of thioether (sulfide) groups is 1. The Balaban J connectivity index is 1.86. The number of nitrogens with zero attached hydrogens (tertiary/aromatic N) is 1. The van der Waals surface area contributed by atoms with E-state index in [4.69, 9.17) is 9.47 Å². The number of hydrogen-bond acceptors (Lipinski definition) is 5. The van der Waals surface area contributed by atoms with Crippen molar-refractivity contribution in [1.29, 1.82) is 0 Å². The Bertz CT molecular complexity index is 930. The molecule has 0 spiro atoms. The molecule has 0 fully saturated rings. The average Bonchev–Trinajstić information content (AvgIpc) is 2.84. The number of carboxylic acids is 1. The topological polar surface area (TPSA) is 88.1 Å². The Labute approximate surface area is 213 Å². The van der Waals surface area contributed by atoms with E-state index in [0.717, 1.165) is 10.5 Å². The SMILES string of the molecule is CCOC(Cc1ccc(OCCN(CCCSc2ccccc2)C(=O)NCC(F)(F)F)cc1)C(=O)O. The molecule has 0 aliphatic carbocycles. The van der Waals surface area contributed by atoms with Gasteiger partial charge in [-0.1, -0.05) is 30.3 Å². The molecule has 0 heterocycles. The lowest BCUT2D eigenvalue weighted by Crippen LogP contribution is -2.45. The van der Waals surface area contributed by atoms with E-state index in [9.17, 15) is 27.9 Å². The van der Waals surface area contributed by atoms with Crippen LogP contribution in [-0.2, 0) is 16.0 Å². The van der Waals surface area contributed by atoms with Gasteiger partial charge in [-0.2, -0.15) is 13.2 Å². The second kappa shape index (κ2) is 15.2. The summed E-state index contributed by atoms with van der Waals surface area (Å²) < 4.78 is 48.5. The zero-order chi connectivity index (χ0) is 26.4. The van der Waals surface area contributed by atoms with Crippen molar-refractivity contribution in [3.63, 3.8) is 0 Å². The average molecular weight is 529 g/mol. The largest absolute Gasteiger partial charge is 0.492 e. The fourth-order valence-electron chi connectivity index (χ4n) is 3.19. The highest BCUT2D eigenvalue weighted by Gasteiger charge is 2.28. The maximum atomic E-state index is 12.5. The second-order valence-corrected chi connectivity index (χ2v) is 8.92. The molecule has 2 rings (SSSR count). The number of carboxylic acid groups (broad SMARTS) is 1. The van der Waals surface area contributed by atoms with E-state index >= 15 is 0 Å². The molecule has 1 unspecified atom stereocenters. The van der Waals surface area contributed by atoms with Crippen LogP contribution in [0.1, 0.15) is 18.9 Å². The van der Waals surface area contributed by atoms with Crippen LogP contribution < -0.4 is 10.1 Å². The van der Waals surface area contributed by atoms with E-state index in [0.29, 0.717) is 17.9 Å². The lowest BCUT2D eigenvalue weighted by atomic mass is 10.1. The van der Waals surface area contributed by atoms with E-state index in [1.54, 1.807) is 43.0 Å². The molecule has 2 amide bonds. The number of urea groups is 1. The summed E-state index contributed by atoms with van der Waals surface area (Å²) in [6, 6.07) is 15.7. The van der Waals surface area contributed by atoms with Gasteiger partial charge in [0.1, 0.15) is 18.9 Å². The number of aliphatic carboxylic acids is 1. The highest BCUT2D eigenvalue weighted by Crippen LogP contribution is 2.18. The minimum atomic E-state index is -4.50. The van der Waals surface area contributed by atoms with Crippen LogP contribution in [0.15, 0.2) is 59.5 Å². The quantitative estimate of drug-likeness (QED) is 0.254. The first-order chi connectivity index (χ1) is 17.2. The zero-order valence-electron chi connectivity index (χ0n) is 20.0. The summed E-state index contributed by atoms with van der Waals surface area (Å²) in [6.07, 6.45) is -4.63. The van der Waals surface area contributed by atoms with Crippen molar-refractivity contribution >= 4 is 23.8 Å². The van der Waals surface area contributed by atoms with Gasteiger partial charge in [0, 0.05) is 24.5 Å². The number of nitrogens with one attached hydrogen (secondary N) is 1. The molecule has 198 valence electrons. The van der Waals surface area contributed by atoms with Crippen molar-refractivity contribution in [2.45, 2.75) is 36.9 Å². The van der Waals surface area contributed by atoms with E-state index < -0.39 is 30.8 Å². The first-order valence-electron chi connectivity index (χ1n) is 11.5. The Kier molecular flexibility index (Phi) is 12.4. The minimum Gasteiger partial charge on any atom is -0.492 e. The van der Waals surface area contributed by atoms with Gasteiger partial charge >= 0.3 is 18.2 Å². The second-order valence-electron chi connectivity index (χ2n) is 7.75. The van der Waals surface area contributed by atoms with Crippen molar-refractivity contribution in [2.24, 2.45) is 0 Å². The maximum Gasteiger partial charge on any atom is 0.405 e. The van der Waals surface area contributed by atoms with Crippen molar-refractivity contribution in [1.82, 2.24) is 10.2 Å². The molecule has 0 radical (unpaired) electrons. The van der Waals surface area contributed by atoms with Crippen LogP contribution in [0.5, 0.6) is 5.75 Å². The van der Waals surface area contributed by atoms with Crippen molar-refractivity contribution < 1.29 is 37.3 Å². The standard InChI is InChI=1S/C25H31F3N2O5S/c1-2-34-22(23(31)32)17-19-9-11-20(12-10-19)35-15-14-30(24(33)29-18-25(26,27)28)13-6-16-36-21-7-4-3-5-8-21/h3-5,7-12,22H,2,6,13-18H2,1H3,(H,29,33)(H,31,32). The van der Waals surface area contributed by atoms with Crippen LogP contribution in [0.4, 0.5) is 18.0 Å². The number of benzene rings is 2. The molecule has 7 nitrogen and oxygen atoms in total. The predicted molar refractivity (Wildman–Crippen MR) is 132 cm³/mol. The van der Waals surface area contributed by atoms with Gasteiger partial charge in [0.25, 0.3) is 0 Å². The molecule has 0 saturated heterocycles. The molecule has 0 aliphatic heterocycles. The molecule has 0 saturated carbocycles. The fourth-order valence-corrected chi connectivity index (χ4v) is 4.05. The van der Waals surface area contributed by atoms with Gasteiger partial charge in [0.05, 0.1) is 6.54 Å². The summed E-state index contributed by atoms with van der Waals surface area (Å²) in [4.78, 5) is 26.0. The number of carbonyl (C=O) groups is 2. The molecule has 2 aromatic rings.